The molecule has 0 radical (unpaired) electrons. The van der Waals surface area contributed by atoms with E-state index in [-0.39, 0.29) is 0 Å². The minimum Gasteiger partial charge on any atom is -0.353 e. The fourth-order valence-corrected chi connectivity index (χ4v) is 3.56. The summed E-state index contributed by atoms with van der Waals surface area (Å²) in [5.41, 5.74) is 1.44. The van der Waals surface area contributed by atoms with E-state index in [4.69, 9.17) is 0 Å². The van der Waals surface area contributed by atoms with Crippen molar-refractivity contribution in [2.45, 2.75) is 30.3 Å². The summed E-state index contributed by atoms with van der Waals surface area (Å²) >= 11 is 1.92. The maximum atomic E-state index is 3.46. The predicted octanol–water partition coefficient (Wildman–Crippen LogP) is 3.95. The molecule has 0 aliphatic heterocycles. The van der Waals surface area contributed by atoms with Gasteiger partial charge in [-0.15, -0.1) is 11.8 Å². The molecule has 1 aliphatic carbocycles. The number of hydrogen-bond acceptors (Lipinski definition) is 2. The number of aromatic nitrogens is 1. The Bertz CT molecular complexity index is 531. The van der Waals surface area contributed by atoms with E-state index >= 15 is 0 Å². The molecule has 1 atom stereocenters. The molecule has 0 saturated heterocycles. The molecule has 1 saturated carbocycles. The second-order valence-corrected chi connectivity index (χ2v) is 6.62. The van der Waals surface area contributed by atoms with Crippen LogP contribution in [0.4, 0.5) is 0 Å². The van der Waals surface area contributed by atoms with Gasteiger partial charge in [-0.1, -0.05) is 18.2 Å². The molecule has 1 N–H and O–H groups in total. The third-order valence-electron chi connectivity index (χ3n) is 3.90. The lowest BCUT2D eigenvalue weighted by molar-refractivity contribution is 0.528. The fourth-order valence-electron chi connectivity index (χ4n) is 2.67. The monoisotopic (exact) mass is 286 g/mol. The maximum absolute atomic E-state index is 3.46. The average Bonchev–Trinajstić information content (AvgIpc) is 3.21. The Morgan fingerprint density at radius 1 is 1.25 bits per heavy atom. The molecule has 20 heavy (non-hydrogen) atoms. The molecule has 2 nitrogen and oxygen atoms in total. The van der Waals surface area contributed by atoms with Crippen molar-refractivity contribution in [3.63, 3.8) is 0 Å². The Hall–Kier alpha value is -1.19. The van der Waals surface area contributed by atoms with Gasteiger partial charge in [-0.05, 0) is 49.6 Å². The zero-order chi connectivity index (χ0) is 13.8. The largest absolute Gasteiger partial charge is 0.353 e. The minimum absolute atomic E-state index is 0.554. The molecule has 106 valence electrons. The number of hydrogen-bond donors (Lipinski definition) is 1. The summed E-state index contributed by atoms with van der Waals surface area (Å²) in [7, 11) is 2.07. The van der Waals surface area contributed by atoms with E-state index < -0.39 is 0 Å². The normalized spacial score (nSPS) is 16.2. The minimum atomic E-state index is 0.554. The lowest BCUT2D eigenvalue weighted by Crippen LogP contribution is -2.17. The SMILES string of the molecule is CNC(c1ccn(CCSc2ccccc2)c1)C1CC1. The predicted molar refractivity (Wildman–Crippen MR) is 86.1 cm³/mol. The summed E-state index contributed by atoms with van der Waals surface area (Å²) in [4.78, 5) is 1.35. The molecule has 1 aromatic carbocycles. The van der Waals surface area contributed by atoms with Crippen molar-refractivity contribution < 1.29 is 0 Å². The molecule has 2 aromatic rings. The molecular weight excluding hydrogens is 264 g/mol. The highest BCUT2D eigenvalue weighted by atomic mass is 32.2. The van der Waals surface area contributed by atoms with Gasteiger partial charge in [0.15, 0.2) is 0 Å². The van der Waals surface area contributed by atoms with Crippen LogP contribution >= 0.6 is 11.8 Å². The number of aryl methyl sites for hydroxylation is 1. The van der Waals surface area contributed by atoms with Gasteiger partial charge in [0.1, 0.15) is 0 Å². The van der Waals surface area contributed by atoms with Gasteiger partial charge in [-0.25, -0.2) is 0 Å². The van der Waals surface area contributed by atoms with Crippen LogP contribution in [0, 0.1) is 5.92 Å². The van der Waals surface area contributed by atoms with Gasteiger partial charge < -0.3 is 9.88 Å². The lowest BCUT2D eigenvalue weighted by Gasteiger charge is -2.13. The van der Waals surface area contributed by atoms with Crippen LogP contribution in [0.3, 0.4) is 0 Å². The van der Waals surface area contributed by atoms with Gasteiger partial charge in [-0.3, -0.25) is 0 Å². The highest BCUT2D eigenvalue weighted by molar-refractivity contribution is 7.99. The summed E-state index contributed by atoms with van der Waals surface area (Å²) in [6, 6.07) is 13.4. The summed E-state index contributed by atoms with van der Waals surface area (Å²) in [5.74, 6) is 1.97. The van der Waals surface area contributed by atoms with Crippen molar-refractivity contribution >= 4 is 11.8 Å². The number of rotatable bonds is 7. The summed E-state index contributed by atoms with van der Waals surface area (Å²) in [6.07, 6.45) is 7.28. The Morgan fingerprint density at radius 2 is 2.05 bits per heavy atom. The van der Waals surface area contributed by atoms with Crippen molar-refractivity contribution in [3.05, 3.63) is 54.4 Å². The first-order valence-corrected chi connectivity index (χ1v) is 8.36. The molecule has 1 heterocycles. The van der Waals surface area contributed by atoms with Crippen molar-refractivity contribution in [1.82, 2.24) is 9.88 Å². The number of nitrogens with zero attached hydrogens (tertiary/aromatic N) is 1. The first-order chi connectivity index (χ1) is 9.86. The van der Waals surface area contributed by atoms with Gasteiger partial charge in [0.25, 0.3) is 0 Å². The van der Waals surface area contributed by atoms with Gasteiger partial charge in [-0.2, -0.15) is 0 Å². The Labute approximate surface area is 125 Å². The van der Waals surface area contributed by atoms with Crippen LogP contribution in [0.25, 0.3) is 0 Å². The van der Waals surface area contributed by atoms with Gasteiger partial charge >= 0.3 is 0 Å². The van der Waals surface area contributed by atoms with Gasteiger partial charge in [0.05, 0.1) is 0 Å². The average molecular weight is 286 g/mol. The summed E-state index contributed by atoms with van der Waals surface area (Å²) < 4.78 is 2.32. The molecule has 0 bridgehead atoms. The maximum Gasteiger partial charge on any atom is 0.0361 e. The van der Waals surface area contributed by atoms with Crippen LogP contribution in [0.1, 0.15) is 24.4 Å². The van der Waals surface area contributed by atoms with E-state index in [1.54, 1.807) is 0 Å². The topological polar surface area (TPSA) is 17.0 Å². The fraction of sp³-hybridized carbons (Fsp3) is 0.412. The summed E-state index contributed by atoms with van der Waals surface area (Å²) in [6.45, 7) is 1.07. The van der Waals surface area contributed by atoms with E-state index in [0.717, 1.165) is 18.2 Å². The highest BCUT2D eigenvalue weighted by Crippen LogP contribution is 2.40. The zero-order valence-electron chi connectivity index (χ0n) is 12.0. The molecule has 0 spiro atoms. The first-order valence-electron chi connectivity index (χ1n) is 7.37. The molecule has 3 heteroatoms. The first kappa shape index (κ1) is 13.8. The van der Waals surface area contributed by atoms with Crippen molar-refractivity contribution in [3.8, 4) is 0 Å². The quantitative estimate of drug-likeness (QED) is 0.776. The van der Waals surface area contributed by atoms with Crippen LogP contribution in [-0.4, -0.2) is 17.4 Å². The van der Waals surface area contributed by atoms with Crippen LogP contribution in [0.15, 0.2) is 53.7 Å². The standard InChI is InChI=1S/C17H22N2S/c1-18-17(14-7-8-14)15-9-10-19(13-15)11-12-20-16-5-3-2-4-6-16/h2-6,9-10,13-14,17-18H,7-8,11-12H2,1H3. The smallest absolute Gasteiger partial charge is 0.0361 e. The van der Waals surface area contributed by atoms with Crippen LogP contribution < -0.4 is 5.32 Å². The summed E-state index contributed by atoms with van der Waals surface area (Å²) in [5, 5.41) is 3.46. The number of benzene rings is 1. The van der Waals surface area contributed by atoms with Crippen molar-refractivity contribution in [2.75, 3.05) is 12.8 Å². The van der Waals surface area contributed by atoms with Gasteiger partial charge in [0, 0.05) is 35.6 Å². The second-order valence-electron chi connectivity index (χ2n) is 5.45. The highest BCUT2D eigenvalue weighted by Gasteiger charge is 2.31. The van der Waals surface area contributed by atoms with Gasteiger partial charge in [0.2, 0.25) is 0 Å². The van der Waals surface area contributed by atoms with E-state index in [9.17, 15) is 0 Å². The Balaban J connectivity index is 1.52. The molecule has 1 fully saturated rings. The van der Waals surface area contributed by atoms with E-state index in [0.29, 0.717) is 6.04 Å². The Morgan fingerprint density at radius 3 is 2.75 bits per heavy atom. The third-order valence-corrected chi connectivity index (χ3v) is 4.89. The number of nitrogens with one attached hydrogen (secondary N) is 1. The zero-order valence-corrected chi connectivity index (χ0v) is 12.8. The van der Waals surface area contributed by atoms with E-state index in [2.05, 4.69) is 65.7 Å². The van der Waals surface area contributed by atoms with Crippen LogP contribution in [0.5, 0.6) is 0 Å². The van der Waals surface area contributed by atoms with Crippen LogP contribution in [-0.2, 0) is 6.54 Å². The van der Waals surface area contributed by atoms with E-state index in [1.165, 1.54) is 23.3 Å². The lowest BCUT2D eigenvalue weighted by atomic mass is 10.1. The Kier molecular flexibility index (Phi) is 4.48. The second kappa shape index (κ2) is 6.51. The molecule has 1 unspecified atom stereocenters. The molecule has 1 aromatic heterocycles. The molecule has 3 rings (SSSR count). The van der Waals surface area contributed by atoms with Crippen LogP contribution in [0.2, 0.25) is 0 Å². The molecular formula is C17H22N2S. The third kappa shape index (κ3) is 3.47. The van der Waals surface area contributed by atoms with Crippen molar-refractivity contribution in [1.29, 1.82) is 0 Å². The number of thioether (sulfide) groups is 1. The van der Waals surface area contributed by atoms with E-state index in [1.807, 2.05) is 11.8 Å². The van der Waals surface area contributed by atoms with Crippen molar-refractivity contribution in [2.24, 2.45) is 5.92 Å². The molecule has 0 amide bonds. The molecule has 1 aliphatic rings.